The fraction of sp³-hybridized carbons (Fsp3) is 0.364. The molecule has 0 bridgehead atoms. The van der Waals surface area contributed by atoms with Crippen molar-refractivity contribution in [2.45, 2.75) is 18.4 Å². The first-order chi connectivity index (χ1) is 8.07. The SMILES string of the molecule is COC(=O)NC1(c2ccc([N+](=O)[O-])cc2)CC1. The van der Waals surface area contributed by atoms with E-state index in [4.69, 9.17) is 0 Å². The number of benzene rings is 1. The third kappa shape index (κ3) is 2.20. The van der Waals surface area contributed by atoms with Gasteiger partial charge in [-0.05, 0) is 30.5 Å². The van der Waals surface area contributed by atoms with Crippen LogP contribution < -0.4 is 5.32 Å². The summed E-state index contributed by atoms with van der Waals surface area (Å²) in [4.78, 5) is 21.2. The second kappa shape index (κ2) is 4.04. The van der Waals surface area contributed by atoms with Crippen molar-refractivity contribution in [1.29, 1.82) is 0 Å². The van der Waals surface area contributed by atoms with E-state index in [1.165, 1.54) is 19.2 Å². The molecule has 6 nitrogen and oxygen atoms in total. The van der Waals surface area contributed by atoms with Crippen LogP contribution in [0.25, 0.3) is 0 Å². The van der Waals surface area contributed by atoms with Gasteiger partial charge in [-0.1, -0.05) is 0 Å². The maximum Gasteiger partial charge on any atom is 0.407 e. The minimum Gasteiger partial charge on any atom is -0.453 e. The van der Waals surface area contributed by atoms with E-state index >= 15 is 0 Å². The van der Waals surface area contributed by atoms with Crippen molar-refractivity contribution >= 4 is 11.8 Å². The highest BCUT2D eigenvalue weighted by Crippen LogP contribution is 2.45. The fourth-order valence-electron chi connectivity index (χ4n) is 1.76. The number of nitrogens with zero attached hydrogens (tertiary/aromatic N) is 1. The lowest BCUT2D eigenvalue weighted by molar-refractivity contribution is -0.384. The minimum absolute atomic E-state index is 0.0441. The van der Waals surface area contributed by atoms with Crippen LogP contribution in [-0.2, 0) is 10.3 Å². The highest BCUT2D eigenvalue weighted by Gasteiger charge is 2.46. The molecule has 1 aliphatic rings. The fourth-order valence-corrected chi connectivity index (χ4v) is 1.76. The summed E-state index contributed by atoms with van der Waals surface area (Å²) in [6.07, 6.45) is 1.15. The van der Waals surface area contributed by atoms with Gasteiger partial charge in [0.1, 0.15) is 0 Å². The van der Waals surface area contributed by atoms with Crippen LogP contribution in [0.4, 0.5) is 10.5 Å². The Balaban J connectivity index is 2.17. The molecule has 6 heteroatoms. The largest absolute Gasteiger partial charge is 0.453 e. The Morgan fingerprint density at radius 1 is 1.41 bits per heavy atom. The Morgan fingerprint density at radius 2 is 2.00 bits per heavy atom. The summed E-state index contributed by atoms with van der Waals surface area (Å²) in [6.45, 7) is 0. The van der Waals surface area contributed by atoms with E-state index in [2.05, 4.69) is 10.1 Å². The van der Waals surface area contributed by atoms with Gasteiger partial charge in [0.15, 0.2) is 0 Å². The number of carbonyl (C=O) groups excluding carboxylic acids is 1. The molecule has 1 N–H and O–H groups in total. The van der Waals surface area contributed by atoms with Gasteiger partial charge in [0.25, 0.3) is 5.69 Å². The minimum atomic E-state index is -0.485. The lowest BCUT2D eigenvalue weighted by Crippen LogP contribution is -2.34. The summed E-state index contributed by atoms with van der Waals surface area (Å²) in [7, 11) is 1.31. The summed E-state index contributed by atoms with van der Waals surface area (Å²) >= 11 is 0. The van der Waals surface area contributed by atoms with Crippen LogP contribution in [0, 0.1) is 10.1 Å². The number of nitrogens with one attached hydrogen (secondary N) is 1. The Morgan fingerprint density at radius 3 is 2.41 bits per heavy atom. The summed E-state index contributed by atoms with van der Waals surface area (Å²) in [5, 5.41) is 13.3. The standard InChI is InChI=1S/C11H12N2O4/c1-17-10(14)12-11(6-7-11)8-2-4-9(5-3-8)13(15)16/h2-5H,6-7H2,1H3,(H,12,14). The van der Waals surface area contributed by atoms with Crippen LogP contribution in [0.1, 0.15) is 18.4 Å². The van der Waals surface area contributed by atoms with Crippen LogP contribution in [0.2, 0.25) is 0 Å². The molecule has 2 rings (SSSR count). The zero-order valence-electron chi connectivity index (χ0n) is 9.30. The van der Waals surface area contributed by atoms with Crippen molar-refractivity contribution in [3.05, 3.63) is 39.9 Å². The number of non-ortho nitro benzene ring substituents is 1. The zero-order valence-corrected chi connectivity index (χ0v) is 9.30. The zero-order chi connectivity index (χ0) is 12.5. The quantitative estimate of drug-likeness (QED) is 0.642. The van der Waals surface area contributed by atoms with Gasteiger partial charge in [0.05, 0.1) is 17.6 Å². The van der Waals surface area contributed by atoms with Crippen molar-refractivity contribution in [1.82, 2.24) is 5.32 Å². The number of ether oxygens (including phenoxy) is 1. The van der Waals surface area contributed by atoms with Gasteiger partial charge in [0.2, 0.25) is 0 Å². The number of alkyl carbamates (subject to hydrolysis) is 1. The van der Waals surface area contributed by atoms with E-state index in [9.17, 15) is 14.9 Å². The first-order valence-electron chi connectivity index (χ1n) is 5.18. The average Bonchev–Trinajstić information content (AvgIpc) is 3.10. The number of hydrogen-bond donors (Lipinski definition) is 1. The van der Waals surface area contributed by atoms with E-state index in [1.807, 2.05) is 0 Å². The molecular weight excluding hydrogens is 224 g/mol. The number of hydrogen-bond acceptors (Lipinski definition) is 4. The first-order valence-corrected chi connectivity index (χ1v) is 5.18. The smallest absolute Gasteiger partial charge is 0.407 e. The molecule has 1 aromatic carbocycles. The average molecular weight is 236 g/mol. The van der Waals surface area contributed by atoms with E-state index < -0.39 is 16.6 Å². The van der Waals surface area contributed by atoms with Crippen LogP contribution in [-0.4, -0.2) is 18.1 Å². The number of amides is 1. The third-order valence-electron chi connectivity index (χ3n) is 2.91. The number of nitro groups is 1. The molecule has 1 aliphatic carbocycles. The molecule has 0 spiro atoms. The molecule has 1 amide bonds. The van der Waals surface area contributed by atoms with Gasteiger partial charge in [-0.15, -0.1) is 0 Å². The molecule has 0 saturated heterocycles. The summed E-state index contributed by atoms with van der Waals surface area (Å²) in [6, 6.07) is 6.21. The maximum absolute atomic E-state index is 11.2. The predicted molar refractivity (Wildman–Crippen MR) is 59.5 cm³/mol. The Kier molecular flexibility index (Phi) is 2.71. The summed E-state index contributed by atoms with van der Waals surface area (Å²) < 4.78 is 4.55. The Hall–Kier alpha value is -2.11. The monoisotopic (exact) mass is 236 g/mol. The molecule has 1 aromatic rings. The van der Waals surface area contributed by atoms with Gasteiger partial charge < -0.3 is 10.1 Å². The maximum atomic E-state index is 11.2. The molecule has 0 aliphatic heterocycles. The summed E-state index contributed by atoms with van der Waals surface area (Å²) in [5.41, 5.74) is 0.512. The number of methoxy groups -OCH3 is 1. The summed E-state index contributed by atoms with van der Waals surface area (Å²) in [5.74, 6) is 0. The van der Waals surface area contributed by atoms with Gasteiger partial charge >= 0.3 is 6.09 Å². The van der Waals surface area contributed by atoms with Crippen molar-refractivity contribution in [2.75, 3.05) is 7.11 Å². The second-order valence-electron chi connectivity index (χ2n) is 4.00. The first kappa shape index (κ1) is 11.4. The molecule has 0 atom stereocenters. The molecular formula is C11H12N2O4. The van der Waals surface area contributed by atoms with Gasteiger partial charge in [-0.3, -0.25) is 10.1 Å². The molecule has 0 unspecified atom stereocenters. The lowest BCUT2D eigenvalue weighted by Gasteiger charge is -2.16. The van der Waals surface area contributed by atoms with E-state index in [1.54, 1.807) is 12.1 Å². The number of carbonyl (C=O) groups is 1. The molecule has 17 heavy (non-hydrogen) atoms. The van der Waals surface area contributed by atoms with Gasteiger partial charge in [-0.25, -0.2) is 4.79 Å². The van der Waals surface area contributed by atoms with Gasteiger partial charge in [0, 0.05) is 12.1 Å². The second-order valence-corrected chi connectivity index (χ2v) is 4.00. The molecule has 1 saturated carbocycles. The molecule has 1 fully saturated rings. The van der Waals surface area contributed by atoms with Crippen LogP contribution in [0.15, 0.2) is 24.3 Å². The van der Waals surface area contributed by atoms with Crippen molar-refractivity contribution < 1.29 is 14.5 Å². The number of nitro benzene ring substituents is 1. The normalized spacial score (nSPS) is 16.1. The molecule has 90 valence electrons. The van der Waals surface area contributed by atoms with Crippen molar-refractivity contribution in [3.63, 3.8) is 0 Å². The number of rotatable bonds is 3. The highest BCUT2D eigenvalue weighted by atomic mass is 16.6. The third-order valence-corrected chi connectivity index (χ3v) is 2.91. The van der Waals surface area contributed by atoms with E-state index in [0.29, 0.717) is 0 Å². The predicted octanol–water partition coefficient (Wildman–Crippen LogP) is 1.94. The topological polar surface area (TPSA) is 81.5 Å². The van der Waals surface area contributed by atoms with Crippen molar-refractivity contribution in [3.8, 4) is 0 Å². The van der Waals surface area contributed by atoms with E-state index in [-0.39, 0.29) is 5.69 Å². The highest BCUT2D eigenvalue weighted by molar-refractivity contribution is 5.69. The Bertz CT molecular complexity index is 451. The van der Waals surface area contributed by atoms with E-state index in [0.717, 1.165) is 18.4 Å². The van der Waals surface area contributed by atoms with Crippen LogP contribution in [0.3, 0.4) is 0 Å². The van der Waals surface area contributed by atoms with Crippen LogP contribution >= 0.6 is 0 Å². The van der Waals surface area contributed by atoms with Crippen molar-refractivity contribution in [2.24, 2.45) is 0 Å². The van der Waals surface area contributed by atoms with Crippen LogP contribution in [0.5, 0.6) is 0 Å². The molecule has 0 heterocycles. The Labute approximate surface area is 97.7 Å². The molecule has 0 aromatic heterocycles. The lowest BCUT2D eigenvalue weighted by atomic mass is 10.0. The molecule has 0 radical (unpaired) electrons. The van der Waals surface area contributed by atoms with Gasteiger partial charge in [-0.2, -0.15) is 0 Å².